The quantitative estimate of drug-likeness (QED) is 0.927. The number of ether oxygens (including phenoxy) is 2. The number of anilines is 1. The summed E-state index contributed by atoms with van der Waals surface area (Å²) in [6.07, 6.45) is 3.91. The Kier molecular flexibility index (Phi) is 4.56. The second-order valence-electron chi connectivity index (χ2n) is 4.84. The van der Waals surface area contributed by atoms with E-state index in [1.165, 1.54) is 23.6 Å². The van der Waals surface area contributed by atoms with E-state index in [4.69, 9.17) is 21.1 Å². The maximum Gasteiger partial charge on any atom is 0.259 e. The summed E-state index contributed by atoms with van der Waals surface area (Å²) in [7, 11) is 0. The van der Waals surface area contributed by atoms with E-state index in [-0.39, 0.29) is 12.0 Å². The Morgan fingerprint density at radius 3 is 3.00 bits per heavy atom. The van der Waals surface area contributed by atoms with Crippen LogP contribution in [0.5, 0.6) is 5.88 Å². The lowest BCUT2D eigenvalue weighted by Gasteiger charge is -2.12. The molecule has 2 aromatic heterocycles. The zero-order valence-electron chi connectivity index (χ0n) is 11.8. The highest BCUT2D eigenvalue weighted by atomic mass is 35.5. The second-order valence-corrected chi connectivity index (χ2v) is 6.49. The van der Waals surface area contributed by atoms with Crippen molar-refractivity contribution in [3.63, 3.8) is 0 Å². The number of aromatic nitrogens is 2. The van der Waals surface area contributed by atoms with Gasteiger partial charge < -0.3 is 9.47 Å². The molecule has 1 saturated heterocycles. The van der Waals surface area contributed by atoms with Gasteiger partial charge in [0.15, 0.2) is 5.13 Å². The van der Waals surface area contributed by atoms with Gasteiger partial charge in [0.05, 0.1) is 18.8 Å². The third-order valence-corrected chi connectivity index (χ3v) is 4.18. The zero-order chi connectivity index (χ0) is 15.5. The molecule has 0 radical (unpaired) electrons. The van der Waals surface area contributed by atoms with Crippen LogP contribution in [-0.4, -0.2) is 35.2 Å². The minimum Gasteiger partial charge on any atom is -0.471 e. The van der Waals surface area contributed by atoms with Gasteiger partial charge in [0, 0.05) is 23.7 Å². The molecule has 1 fully saturated rings. The van der Waals surface area contributed by atoms with E-state index in [2.05, 4.69) is 15.3 Å². The van der Waals surface area contributed by atoms with Gasteiger partial charge in [-0.25, -0.2) is 9.97 Å². The number of rotatable bonds is 4. The lowest BCUT2D eigenvalue weighted by atomic mass is 10.2. The highest BCUT2D eigenvalue weighted by Crippen LogP contribution is 2.26. The first kappa shape index (κ1) is 15.2. The van der Waals surface area contributed by atoms with E-state index in [1.54, 1.807) is 6.20 Å². The molecule has 3 rings (SSSR count). The van der Waals surface area contributed by atoms with E-state index >= 15 is 0 Å². The van der Waals surface area contributed by atoms with Crippen LogP contribution in [0.2, 0.25) is 5.02 Å². The number of halogens is 1. The summed E-state index contributed by atoms with van der Waals surface area (Å²) in [5.74, 6) is 0.0123. The third kappa shape index (κ3) is 3.55. The highest BCUT2D eigenvalue weighted by molar-refractivity contribution is 7.15. The van der Waals surface area contributed by atoms with Crippen LogP contribution >= 0.6 is 22.9 Å². The summed E-state index contributed by atoms with van der Waals surface area (Å²) < 4.78 is 10.9. The first-order valence-electron chi connectivity index (χ1n) is 6.75. The molecule has 0 bridgehead atoms. The van der Waals surface area contributed by atoms with Gasteiger partial charge in [-0.1, -0.05) is 11.6 Å². The molecule has 0 aliphatic carbocycles. The SMILES string of the molecule is Cc1cnc(NC(=O)c2cnc(O[C@@H]3CCOC3)c(Cl)c2)s1. The van der Waals surface area contributed by atoms with Crippen molar-refractivity contribution in [1.82, 2.24) is 9.97 Å². The molecule has 1 aliphatic heterocycles. The number of pyridine rings is 1. The molecule has 22 heavy (non-hydrogen) atoms. The monoisotopic (exact) mass is 339 g/mol. The Balaban J connectivity index is 1.69. The number of amides is 1. The molecular weight excluding hydrogens is 326 g/mol. The van der Waals surface area contributed by atoms with Crippen LogP contribution in [0.3, 0.4) is 0 Å². The molecular formula is C14H14ClN3O3S. The smallest absolute Gasteiger partial charge is 0.259 e. The fourth-order valence-electron chi connectivity index (χ4n) is 1.98. The Labute approximate surface area is 136 Å². The number of hydrogen-bond donors (Lipinski definition) is 1. The summed E-state index contributed by atoms with van der Waals surface area (Å²) in [6, 6.07) is 1.54. The highest BCUT2D eigenvalue weighted by Gasteiger charge is 2.20. The molecule has 2 aromatic rings. The Bertz CT molecular complexity index is 686. The molecule has 0 saturated carbocycles. The summed E-state index contributed by atoms with van der Waals surface area (Å²) in [5, 5.41) is 3.55. The maximum atomic E-state index is 12.1. The Hall–Kier alpha value is -1.70. The van der Waals surface area contributed by atoms with Gasteiger partial charge in [-0.05, 0) is 13.0 Å². The molecule has 0 spiro atoms. The first-order valence-corrected chi connectivity index (χ1v) is 7.95. The fraction of sp³-hybridized carbons (Fsp3) is 0.357. The first-order chi connectivity index (χ1) is 10.6. The number of aryl methyl sites for hydroxylation is 1. The van der Waals surface area contributed by atoms with Crippen LogP contribution in [0.4, 0.5) is 5.13 Å². The number of carbonyl (C=O) groups is 1. The predicted molar refractivity (Wildman–Crippen MR) is 83.9 cm³/mol. The van der Waals surface area contributed by atoms with Gasteiger partial charge in [0.2, 0.25) is 5.88 Å². The number of nitrogens with one attached hydrogen (secondary N) is 1. The van der Waals surface area contributed by atoms with Crippen molar-refractivity contribution < 1.29 is 14.3 Å². The van der Waals surface area contributed by atoms with Gasteiger partial charge in [0.1, 0.15) is 11.1 Å². The summed E-state index contributed by atoms with van der Waals surface area (Å²) in [4.78, 5) is 21.4. The van der Waals surface area contributed by atoms with Crippen LogP contribution in [0.15, 0.2) is 18.5 Å². The third-order valence-electron chi connectivity index (χ3n) is 3.08. The molecule has 0 unspecified atom stereocenters. The van der Waals surface area contributed by atoms with Crippen molar-refractivity contribution >= 4 is 34.0 Å². The number of hydrogen-bond acceptors (Lipinski definition) is 6. The van der Waals surface area contributed by atoms with Gasteiger partial charge >= 0.3 is 0 Å². The standard InChI is InChI=1S/C14H14ClN3O3S/c1-8-5-17-14(22-8)18-12(19)9-4-11(15)13(16-6-9)21-10-2-3-20-7-10/h4-6,10H,2-3,7H2,1H3,(H,17,18,19)/t10-/m1/s1. The van der Waals surface area contributed by atoms with Crippen LogP contribution in [0.1, 0.15) is 21.7 Å². The van der Waals surface area contributed by atoms with Gasteiger partial charge in [-0.3, -0.25) is 10.1 Å². The number of nitrogens with zero attached hydrogens (tertiary/aromatic N) is 2. The van der Waals surface area contributed by atoms with Gasteiger partial charge in [-0.2, -0.15) is 0 Å². The van der Waals surface area contributed by atoms with E-state index in [1.807, 2.05) is 6.92 Å². The Morgan fingerprint density at radius 1 is 1.50 bits per heavy atom. The average molecular weight is 340 g/mol. The van der Waals surface area contributed by atoms with Crippen molar-refractivity contribution in [3.8, 4) is 5.88 Å². The summed E-state index contributed by atoms with van der Waals surface area (Å²) in [5.41, 5.74) is 0.355. The molecule has 116 valence electrons. The minimum absolute atomic E-state index is 0.0389. The number of thiazole rings is 1. The largest absolute Gasteiger partial charge is 0.471 e. The molecule has 1 N–H and O–H groups in total. The van der Waals surface area contributed by atoms with Gasteiger partial charge in [0.25, 0.3) is 5.91 Å². The molecule has 1 amide bonds. The summed E-state index contributed by atoms with van der Waals surface area (Å²) in [6.45, 7) is 3.13. The van der Waals surface area contributed by atoms with Gasteiger partial charge in [-0.15, -0.1) is 11.3 Å². The van der Waals surface area contributed by atoms with Crippen LogP contribution in [-0.2, 0) is 4.74 Å². The van der Waals surface area contributed by atoms with E-state index in [9.17, 15) is 4.79 Å². The lowest BCUT2D eigenvalue weighted by molar-refractivity contribution is 0.102. The molecule has 1 atom stereocenters. The molecule has 1 aliphatic rings. The van der Waals surface area contributed by atoms with Crippen LogP contribution in [0, 0.1) is 6.92 Å². The van der Waals surface area contributed by atoms with Crippen molar-refractivity contribution in [2.45, 2.75) is 19.4 Å². The molecule has 0 aromatic carbocycles. The van der Waals surface area contributed by atoms with E-state index < -0.39 is 0 Å². The lowest BCUT2D eigenvalue weighted by Crippen LogP contribution is -2.17. The second kappa shape index (κ2) is 6.60. The van der Waals surface area contributed by atoms with Crippen molar-refractivity contribution in [2.75, 3.05) is 18.5 Å². The van der Waals surface area contributed by atoms with E-state index in [0.717, 1.165) is 11.3 Å². The van der Waals surface area contributed by atoms with Crippen LogP contribution < -0.4 is 10.1 Å². The average Bonchev–Trinajstić information content (AvgIpc) is 3.13. The summed E-state index contributed by atoms with van der Waals surface area (Å²) >= 11 is 7.54. The number of carbonyl (C=O) groups excluding carboxylic acids is 1. The Morgan fingerprint density at radius 2 is 2.36 bits per heavy atom. The normalized spacial score (nSPS) is 17.5. The van der Waals surface area contributed by atoms with Crippen molar-refractivity contribution in [2.24, 2.45) is 0 Å². The van der Waals surface area contributed by atoms with Crippen LogP contribution in [0.25, 0.3) is 0 Å². The fourth-order valence-corrected chi connectivity index (χ4v) is 2.85. The topological polar surface area (TPSA) is 73.3 Å². The maximum absolute atomic E-state index is 12.1. The van der Waals surface area contributed by atoms with Crippen molar-refractivity contribution in [3.05, 3.63) is 33.9 Å². The molecule has 3 heterocycles. The molecule has 8 heteroatoms. The molecule has 6 nitrogen and oxygen atoms in total. The predicted octanol–water partition coefficient (Wildman–Crippen LogP) is 2.92. The minimum atomic E-state index is -0.306. The van der Waals surface area contributed by atoms with Crippen molar-refractivity contribution in [1.29, 1.82) is 0 Å². The zero-order valence-corrected chi connectivity index (χ0v) is 13.4. The van der Waals surface area contributed by atoms with E-state index in [0.29, 0.717) is 34.8 Å².